The topological polar surface area (TPSA) is 149 Å². The van der Waals surface area contributed by atoms with Crippen LogP contribution in [0.5, 0.6) is 0 Å². The minimum absolute atomic E-state index is 0.207. The van der Waals surface area contributed by atoms with Gasteiger partial charge in [-0.15, -0.1) is 0 Å². The van der Waals surface area contributed by atoms with Gasteiger partial charge in [0.05, 0.1) is 25.4 Å². The Morgan fingerprint density at radius 3 is 1.16 bits per heavy atom. The predicted octanol–water partition coefficient (Wildman–Crippen LogP) is 17.5. The van der Waals surface area contributed by atoms with Crippen molar-refractivity contribution in [2.24, 2.45) is 0 Å². The Balaban J connectivity index is 2.20. The smallest absolute Gasteiger partial charge is 0.220 e. The molecule has 1 amide bonds. The number of unbranched alkanes of at least 4 members (excludes halogenated alkanes) is 32. The van der Waals surface area contributed by atoms with Gasteiger partial charge in [0.15, 0.2) is 6.29 Å². The minimum atomic E-state index is -1.58. The number of nitrogens with one attached hydrogen (secondary N) is 1. The number of rotatable bonds is 56. The molecule has 0 aliphatic carbocycles. The van der Waals surface area contributed by atoms with E-state index in [9.17, 15) is 30.3 Å². The van der Waals surface area contributed by atoms with Gasteiger partial charge in [-0.1, -0.05) is 297 Å². The van der Waals surface area contributed by atoms with Gasteiger partial charge in [-0.25, -0.2) is 0 Å². The molecule has 7 unspecified atom stereocenters. The van der Waals surface area contributed by atoms with E-state index in [1.54, 1.807) is 6.08 Å². The van der Waals surface area contributed by atoms with Gasteiger partial charge in [0.25, 0.3) is 0 Å². The first-order valence-corrected chi connectivity index (χ1v) is 33.0. The van der Waals surface area contributed by atoms with E-state index in [4.69, 9.17) is 9.47 Å². The van der Waals surface area contributed by atoms with Crippen LogP contribution >= 0.6 is 0 Å². The third kappa shape index (κ3) is 47.3. The lowest BCUT2D eigenvalue weighted by molar-refractivity contribution is -0.302. The molecule has 1 fully saturated rings. The van der Waals surface area contributed by atoms with Crippen LogP contribution in [-0.2, 0) is 14.3 Å². The number of carbonyl (C=O) groups is 1. The van der Waals surface area contributed by atoms with Crippen molar-refractivity contribution in [1.29, 1.82) is 0 Å². The van der Waals surface area contributed by atoms with Crippen LogP contribution in [0.4, 0.5) is 0 Å². The van der Waals surface area contributed by atoms with Crippen LogP contribution < -0.4 is 5.32 Å². The Hall–Kier alpha value is -2.89. The molecule has 0 saturated carbocycles. The van der Waals surface area contributed by atoms with Crippen LogP contribution in [0.25, 0.3) is 0 Å². The summed E-state index contributed by atoms with van der Waals surface area (Å²) in [5.41, 5.74) is 0. The molecular weight excluding hydrogens is 983 g/mol. The van der Waals surface area contributed by atoms with Crippen molar-refractivity contribution in [3.05, 3.63) is 97.2 Å². The van der Waals surface area contributed by atoms with E-state index in [-0.39, 0.29) is 12.5 Å². The third-order valence-electron chi connectivity index (χ3n) is 15.2. The standard InChI is InChI=1S/C70H123NO8/c1-3-5-7-9-11-13-15-17-19-21-23-25-27-29-30-31-32-33-34-36-37-39-41-43-45-47-49-51-53-55-57-59-64(73)63(62-78-70-69(77)68(76)67(75)65(61-72)79-70)71-66(74)60-58-56-54-52-50-48-46-44-42-40-38-35-28-26-24-22-20-18-16-14-12-10-8-6-4-2/h6,8,12,14,18,20,24,26,35,38,42,44,48,50,57,59,63-65,67-70,72-73,75-77H,3-5,7,9-11,13,15-17,19,21-23,25,27-34,36-37,39-41,43,45-47,49,51-56,58,60-62H2,1-2H3,(H,71,74)/b8-6-,14-12-,20-18-,26-24-,38-35-,44-42-,50-48-,59-57+. The Morgan fingerprint density at radius 2 is 0.785 bits per heavy atom. The molecule has 0 aromatic carbocycles. The lowest BCUT2D eigenvalue weighted by atomic mass is 9.99. The Bertz CT molecular complexity index is 1560. The molecule has 9 nitrogen and oxygen atoms in total. The molecule has 0 aromatic heterocycles. The van der Waals surface area contributed by atoms with Gasteiger partial charge in [0.1, 0.15) is 24.4 Å². The highest BCUT2D eigenvalue weighted by Gasteiger charge is 2.44. The number of hydrogen-bond acceptors (Lipinski definition) is 8. The summed E-state index contributed by atoms with van der Waals surface area (Å²) >= 11 is 0. The van der Waals surface area contributed by atoms with Crippen molar-refractivity contribution in [2.45, 2.75) is 326 Å². The average Bonchev–Trinajstić information content (AvgIpc) is 3.47. The molecule has 0 radical (unpaired) electrons. The second kappa shape index (κ2) is 58.3. The van der Waals surface area contributed by atoms with Crippen molar-refractivity contribution in [3.8, 4) is 0 Å². The molecule has 1 heterocycles. The number of ether oxygens (including phenoxy) is 2. The Morgan fingerprint density at radius 1 is 0.443 bits per heavy atom. The number of aliphatic hydroxyl groups excluding tert-OH is 5. The Kier molecular flexibility index (Phi) is 54.7. The largest absolute Gasteiger partial charge is 0.394 e. The Labute approximate surface area is 485 Å². The summed E-state index contributed by atoms with van der Waals surface area (Å²) in [7, 11) is 0. The van der Waals surface area contributed by atoms with E-state index in [0.29, 0.717) is 12.8 Å². The first kappa shape index (κ1) is 74.1. The zero-order chi connectivity index (χ0) is 57.2. The van der Waals surface area contributed by atoms with Crippen LogP contribution in [0, 0.1) is 0 Å². The molecule has 9 heteroatoms. The van der Waals surface area contributed by atoms with E-state index >= 15 is 0 Å². The average molecular weight is 1110 g/mol. The lowest BCUT2D eigenvalue weighted by Crippen LogP contribution is -2.60. The highest BCUT2D eigenvalue weighted by atomic mass is 16.7. The zero-order valence-electron chi connectivity index (χ0n) is 50.9. The quantitative estimate of drug-likeness (QED) is 0.0261. The van der Waals surface area contributed by atoms with Crippen molar-refractivity contribution in [2.75, 3.05) is 13.2 Å². The minimum Gasteiger partial charge on any atom is -0.394 e. The van der Waals surface area contributed by atoms with Crippen molar-refractivity contribution in [3.63, 3.8) is 0 Å². The molecule has 1 saturated heterocycles. The highest BCUT2D eigenvalue weighted by molar-refractivity contribution is 5.76. The molecule has 1 aliphatic heterocycles. The number of hydrogen-bond donors (Lipinski definition) is 6. The number of carbonyl (C=O) groups excluding carboxylic acids is 1. The van der Waals surface area contributed by atoms with Gasteiger partial charge < -0.3 is 40.3 Å². The first-order valence-electron chi connectivity index (χ1n) is 33.0. The number of aliphatic hydroxyl groups is 5. The summed E-state index contributed by atoms with van der Waals surface area (Å²) in [6, 6.07) is -0.832. The maximum atomic E-state index is 13.1. The van der Waals surface area contributed by atoms with E-state index in [1.165, 1.54) is 173 Å². The fraction of sp³-hybridized carbons (Fsp3) is 0.757. The fourth-order valence-corrected chi connectivity index (χ4v) is 10.0. The van der Waals surface area contributed by atoms with E-state index in [0.717, 1.165) is 83.5 Å². The van der Waals surface area contributed by atoms with Gasteiger partial charge in [-0.3, -0.25) is 4.79 Å². The molecule has 0 aromatic rings. The molecule has 79 heavy (non-hydrogen) atoms. The van der Waals surface area contributed by atoms with Gasteiger partial charge in [-0.2, -0.15) is 0 Å². The van der Waals surface area contributed by atoms with Gasteiger partial charge in [0.2, 0.25) is 5.91 Å². The maximum Gasteiger partial charge on any atom is 0.220 e. The normalized spacial score (nSPS) is 19.2. The number of allylic oxidation sites excluding steroid dienone is 15. The van der Waals surface area contributed by atoms with E-state index in [1.807, 2.05) is 6.08 Å². The second-order valence-corrected chi connectivity index (χ2v) is 22.5. The lowest BCUT2D eigenvalue weighted by Gasteiger charge is -2.40. The fourth-order valence-electron chi connectivity index (χ4n) is 10.0. The maximum absolute atomic E-state index is 13.1. The molecular formula is C70H123NO8. The van der Waals surface area contributed by atoms with Gasteiger partial charge in [-0.05, 0) is 77.0 Å². The molecule has 1 aliphatic rings. The molecule has 0 bridgehead atoms. The van der Waals surface area contributed by atoms with Crippen LogP contribution in [0.3, 0.4) is 0 Å². The summed E-state index contributed by atoms with van der Waals surface area (Å²) in [4.78, 5) is 13.1. The number of amides is 1. The second-order valence-electron chi connectivity index (χ2n) is 22.5. The predicted molar refractivity (Wildman–Crippen MR) is 336 cm³/mol. The SMILES string of the molecule is CC/C=C\C/C=C\C/C=C\C/C=C\C/C=C\C/C=C\C/C=C\CCCCCC(=O)NC(COC1OC(CO)C(O)C(O)C1O)C(O)/C=C/CCCCCCCCCCCCCCCCCCCCCCCCCCCCCCC. The summed E-state index contributed by atoms with van der Waals surface area (Å²) in [5, 5.41) is 54.7. The van der Waals surface area contributed by atoms with Crippen LogP contribution in [0.1, 0.15) is 284 Å². The third-order valence-corrected chi connectivity index (χ3v) is 15.2. The van der Waals surface area contributed by atoms with Crippen LogP contribution in [-0.4, -0.2) is 87.5 Å². The van der Waals surface area contributed by atoms with Gasteiger partial charge in [0, 0.05) is 6.42 Å². The van der Waals surface area contributed by atoms with Crippen LogP contribution in [0.2, 0.25) is 0 Å². The summed E-state index contributed by atoms with van der Waals surface area (Å²) in [6.45, 7) is 3.67. The van der Waals surface area contributed by atoms with E-state index < -0.39 is 49.5 Å². The molecule has 0 spiro atoms. The molecule has 1 rings (SSSR count). The van der Waals surface area contributed by atoms with Crippen molar-refractivity contribution in [1.82, 2.24) is 5.32 Å². The monoisotopic (exact) mass is 1110 g/mol. The summed E-state index contributed by atoms with van der Waals surface area (Å²) in [5.74, 6) is -0.209. The van der Waals surface area contributed by atoms with Crippen molar-refractivity contribution >= 4 is 5.91 Å². The van der Waals surface area contributed by atoms with Crippen molar-refractivity contribution < 1.29 is 39.8 Å². The van der Waals surface area contributed by atoms with Crippen LogP contribution in [0.15, 0.2) is 97.2 Å². The first-order chi connectivity index (χ1) is 38.8. The van der Waals surface area contributed by atoms with Gasteiger partial charge >= 0.3 is 0 Å². The molecule has 456 valence electrons. The van der Waals surface area contributed by atoms with E-state index in [2.05, 4.69) is 104 Å². The summed E-state index contributed by atoms with van der Waals surface area (Å²) < 4.78 is 11.3. The summed E-state index contributed by atoms with van der Waals surface area (Å²) in [6.07, 6.45) is 77.8. The molecule has 6 N–H and O–H groups in total. The highest BCUT2D eigenvalue weighted by Crippen LogP contribution is 2.23. The zero-order valence-corrected chi connectivity index (χ0v) is 50.9. The molecule has 7 atom stereocenters.